The second-order valence-electron chi connectivity index (χ2n) is 4.17. The molecular weight excluding hydrogens is 328 g/mol. The third-order valence-corrected chi connectivity index (χ3v) is 3.52. The summed E-state index contributed by atoms with van der Waals surface area (Å²) in [5, 5.41) is 10.6. The van der Waals surface area contributed by atoms with Gasteiger partial charge in [0.1, 0.15) is 11.9 Å². The minimum absolute atomic E-state index is 0.147. The molecule has 0 aliphatic rings. The maximum atomic E-state index is 12.2. The molecule has 1 N–H and O–H groups in total. The molecule has 0 aromatic heterocycles. The first-order valence-electron chi connectivity index (χ1n) is 5.75. The zero-order valence-electron chi connectivity index (χ0n) is 10.4. The Hall–Kier alpha value is -1.43. The van der Waals surface area contributed by atoms with Crippen molar-refractivity contribution in [2.45, 2.75) is 12.5 Å². The van der Waals surface area contributed by atoms with Crippen LogP contribution in [-0.2, 0) is 0 Å². The molecule has 0 aliphatic carbocycles. The van der Waals surface area contributed by atoms with Crippen LogP contribution in [0.4, 0.5) is 13.2 Å². The van der Waals surface area contributed by atoms with E-state index < -0.39 is 18.2 Å². The second kappa shape index (κ2) is 6.13. The predicted octanol–water partition coefficient (Wildman–Crippen LogP) is 4.97. The number of aliphatic hydroxyl groups excluding tert-OH is 1. The molecule has 0 saturated carbocycles. The van der Waals surface area contributed by atoms with Crippen LogP contribution in [0.25, 0.3) is 0 Å². The molecule has 1 atom stereocenters. The first-order valence-corrected chi connectivity index (χ1v) is 6.51. The van der Waals surface area contributed by atoms with Crippen molar-refractivity contribution >= 4 is 23.2 Å². The highest BCUT2D eigenvalue weighted by atomic mass is 35.5. The Bertz CT molecular complexity index is 644. The molecule has 21 heavy (non-hydrogen) atoms. The molecular formula is C14H9Cl2F3O2. The van der Waals surface area contributed by atoms with E-state index in [-0.39, 0.29) is 15.6 Å². The maximum absolute atomic E-state index is 12.2. The lowest BCUT2D eigenvalue weighted by molar-refractivity contribution is -0.274. The normalized spacial score (nSPS) is 13.0. The average molecular weight is 337 g/mol. The van der Waals surface area contributed by atoms with Gasteiger partial charge in [-0.05, 0) is 23.8 Å². The highest BCUT2D eigenvalue weighted by molar-refractivity contribution is 6.42. The van der Waals surface area contributed by atoms with Gasteiger partial charge in [0.2, 0.25) is 0 Å². The number of benzene rings is 2. The van der Waals surface area contributed by atoms with E-state index in [0.717, 1.165) is 12.1 Å². The van der Waals surface area contributed by atoms with Gasteiger partial charge in [-0.25, -0.2) is 0 Å². The molecule has 0 amide bonds. The van der Waals surface area contributed by atoms with Gasteiger partial charge in [-0.3, -0.25) is 0 Å². The van der Waals surface area contributed by atoms with Gasteiger partial charge >= 0.3 is 6.36 Å². The Balaban J connectivity index is 2.33. The minimum Gasteiger partial charge on any atom is -0.406 e. The van der Waals surface area contributed by atoms with E-state index in [0.29, 0.717) is 5.56 Å². The van der Waals surface area contributed by atoms with Gasteiger partial charge < -0.3 is 9.84 Å². The summed E-state index contributed by atoms with van der Waals surface area (Å²) in [6, 6.07) is 9.71. The smallest absolute Gasteiger partial charge is 0.406 e. The van der Waals surface area contributed by atoms with Gasteiger partial charge in [0.25, 0.3) is 0 Å². The van der Waals surface area contributed by atoms with Crippen LogP contribution in [0.3, 0.4) is 0 Å². The highest BCUT2D eigenvalue weighted by Crippen LogP contribution is 2.34. The molecule has 2 nitrogen and oxygen atoms in total. The average Bonchev–Trinajstić information content (AvgIpc) is 2.39. The van der Waals surface area contributed by atoms with Crippen molar-refractivity contribution in [3.8, 4) is 5.75 Å². The van der Waals surface area contributed by atoms with E-state index in [1.54, 1.807) is 12.1 Å². The summed E-state index contributed by atoms with van der Waals surface area (Å²) in [5.41, 5.74) is 0.509. The van der Waals surface area contributed by atoms with Gasteiger partial charge in [-0.15, -0.1) is 13.2 Å². The molecule has 112 valence electrons. The molecule has 0 bridgehead atoms. The lowest BCUT2D eigenvalue weighted by Gasteiger charge is -2.15. The number of hydrogen-bond donors (Lipinski definition) is 1. The van der Waals surface area contributed by atoms with E-state index in [9.17, 15) is 18.3 Å². The van der Waals surface area contributed by atoms with E-state index in [2.05, 4.69) is 4.74 Å². The molecule has 0 aliphatic heterocycles. The lowest BCUT2D eigenvalue weighted by Crippen LogP contribution is -2.17. The number of hydrogen-bond acceptors (Lipinski definition) is 2. The zero-order chi connectivity index (χ0) is 15.6. The Morgan fingerprint density at radius 1 is 1.05 bits per heavy atom. The molecule has 2 rings (SSSR count). The fourth-order valence-corrected chi connectivity index (χ4v) is 2.20. The molecule has 1 unspecified atom stereocenters. The SMILES string of the molecule is OC(c1cccc(OC(F)(F)F)c1)c1cccc(Cl)c1Cl. The van der Waals surface area contributed by atoms with Gasteiger partial charge in [0.05, 0.1) is 10.0 Å². The van der Waals surface area contributed by atoms with E-state index in [4.69, 9.17) is 23.2 Å². The van der Waals surface area contributed by atoms with Crippen LogP contribution >= 0.6 is 23.2 Å². The summed E-state index contributed by atoms with van der Waals surface area (Å²) >= 11 is 11.8. The number of ether oxygens (including phenoxy) is 1. The Kier molecular flexibility index (Phi) is 4.66. The molecule has 0 radical (unpaired) electrons. The first kappa shape index (κ1) is 15.9. The summed E-state index contributed by atoms with van der Waals surface area (Å²) in [7, 11) is 0. The fraction of sp³-hybridized carbons (Fsp3) is 0.143. The maximum Gasteiger partial charge on any atom is 0.573 e. The minimum atomic E-state index is -4.79. The molecule has 2 aromatic carbocycles. The molecule has 0 spiro atoms. The van der Waals surface area contributed by atoms with Crippen LogP contribution < -0.4 is 4.74 Å². The van der Waals surface area contributed by atoms with Crippen molar-refractivity contribution in [3.05, 3.63) is 63.6 Å². The topological polar surface area (TPSA) is 29.5 Å². The van der Waals surface area contributed by atoms with Crippen molar-refractivity contribution in [3.63, 3.8) is 0 Å². The van der Waals surface area contributed by atoms with Crippen molar-refractivity contribution < 1.29 is 23.0 Å². The standard InChI is InChI=1S/C14H9Cl2F3O2/c15-11-6-2-5-10(12(11)16)13(20)8-3-1-4-9(7-8)21-14(17,18)19/h1-7,13,20H. The molecule has 7 heteroatoms. The van der Waals surface area contributed by atoms with Gasteiger partial charge in [-0.2, -0.15) is 0 Å². The zero-order valence-corrected chi connectivity index (χ0v) is 11.9. The van der Waals surface area contributed by atoms with Crippen molar-refractivity contribution in [2.75, 3.05) is 0 Å². The third-order valence-electron chi connectivity index (χ3n) is 2.68. The molecule has 0 saturated heterocycles. The second-order valence-corrected chi connectivity index (χ2v) is 4.95. The molecule has 2 aromatic rings. The summed E-state index contributed by atoms with van der Waals surface area (Å²) < 4.78 is 40.4. The Labute approximate surface area is 128 Å². The van der Waals surface area contributed by atoms with Crippen LogP contribution in [0, 0.1) is 0 Å². The number of aliphatic hydroxyl groups is 1. The van der Waals surface area contributed by atoms with E-state index in [1.807, 2.05) is 0 Å². The van der Waals surface area contributed by atoms with Crippen molar-refractivity contribution in [2.24, 2.45) is 0 Å². The summed E-state index contributed by atoms with van der Waals surface area (Å²) in [6.07, 6.45) is -6.01. The Morgan fingerprint density at radius 2 is 1.71 bits per heavy atom. The van der Waals surface area contributed by atoms with Crippen molar-refractivity contribution in [1.29, 1.82) is 0 Å². The van der Waals surface area contributed by atoms with Gasteiger partial charge in [0, 0.05) is 5.56 Å². The fourth-order valence-electron chi connectivity index (χ4n) is 1.79. The molecule has 0 heterocycles. The van der Waals surface area contributed by atoms with Crippen molar-refractivity contribution in [1.82, 2.24) is 0 Å². The first-order chi connectivity index (χ1) is 9.78. The van der Waals surface area contributed by atoms with Crippen LogP contribution in [-0.4, -0.2) is 11.5 Å². The summed E-state index contributed by atoms with van der Waals surface area (Å²) in [6.45, 7) is 0. The number of rotatable bonds is 3. The number of alkyl halides is 3. The third kappa shape index (κ3) is 4.03. The van der Waals surface area contributed by atoms with Crippen LogP contribution in [0.1, 0.15) is 17.2 Å². The van der Waals surface area contributed by atoms with Gasteiger partial charge in [0.15, 0.2) is 0 Å². The largest absolute Gasteiger partial charge is 0.573 e. The van der Waals surface area contributed by atoms with Crippen LogP contribution in [0.15, 0.2) is 42.5 Å². The predicted molar refractivity (Wildman–Crippen MR) is 73.6 cm³/mol. The number of halogens is 5. The quantitative estimate of drug-likeness (QED) is 0.857. The van der Waals surface area contributed by atoms with E-state index >= 15 is 0 Å². The lowest BCUT2D eigenvalue weighted by atomic mass is 10.0. The summed E-state index contributed by atoms with van der Waals surface area (Å²) in [4.78, 5) is 0. The molecule has 0 fully saturated rings. The van der Waals surface area contributed by atoms with Gasteiger partial charge in [-0.1, -0.05) is 47.5 Å². The monoisotopic (exact) mass is 336 g/mol. The Morgan fingerprint density at radius 3 is 2.38 bits per heavy atom. The summed E-state index contributed by atoms with van der Waals surface area (Å²) in [5.74, 6) is -0.419. The van der Waals surface area contributed by atoms with Crippen LogP contribution in [0.5, 0.6) is 5.75 Å². The highest BCUT2D eigenvalue weighted by Gasteiger charge is 2.31. The van der Waals surface area contributed by atoms with Crippen LogP contribution in [0.2, 0.25) is 10.0 Å². The van der Waals surface area contributed by atoms with E-state index in [1.165, 1.54) is 18.2 Å².